The van der Waals surface area contributed by atoms with E-state index < -0.39 is 0 Å². The number of carbonyl (C=O) groups excluding carboxylic acids is 2. The predicted molar refractivity (Wildman–Crippen MR) is 131 cm³/mol. The third-order valence-electron chi connectivity index (χ3n) is 5.76. The zero-order valence-corrected chi connectivity index (χ0v) is 18.5. The van der Waals surface area contributed by atoms with Crippen LogP contribution in [0.1, 0.15) is 25.7 Å². The summed E-state index contributed by atoms with van der Waals surface area (Å²) in [5.74, 6) is -0.0192. The van der Waals surface area contributed by atoms with Gasteiger partial charge in [0.2, 0.25) is 5.89 Å². The molecule has 0 amide bonds. The van der Waals surface area contributed by atoms with E-state index in [9.17, 15) is 9.59 Å². The van der Waals surface area contributed by atoms with Crippen molar-refractivity contribution in [3.05, 3.63) is 88.4 Å². The molecule has 3 aromatic heterocycles. The van der Waals surface area contributed by atoms with Gasteiger partial charge in [-0.2, -0.15) is 9.97 Å². The number of ketones is 2. The first-order valence-corrected chi connectivity index (χ1v) is 11.9. The lowest BCUT2D eigenvalue weighted by Crippen LogP contribution is -2.00. The highest BCUT2D eigenvalue weighted by Crippen LogP contribution is 2.37. The van der Waals surface area contributed by atoms with Crippen LogP contribution in [0.15, 0.2) is 76.7 Å². The van der Waals surface area contributed by atoms with Gasteiger partial charge in [0.25, 0.3) is 5.71 Å². The van der Waals surface area contributed by atoms with E-state index in [4.69, 9.17) is 4.42 Å². The summed E-state index contributed by atoms with van der Waals surface area (Å²) in [4.78, 5) is 36.6. The number of allylic oxidation sites excluding steroid dienone is 1. The summed E-state index contributed by atoms with van der Waals surface area (Å²) in [5, 5.41) is 3.53. The number of oxazole rings is 1. The highest BCUT2D eigenvalue weighted by atomic mass is 32.1. The smallest absolute Gasteiger partial charge is 0.259 e. The fraction of sp³-hybridized carbons (Fsp3) is 0. The molecule has 0 saturated carbocycles. The van der Waals surface area contributed by atoms with Crippen LogP contribution in [-0.2, 0) is 0 Å². The zero-order chi connectivity index (χ0) is 22.1. The molecule has 7 rings (SSSR count). The van der Waals surface area contributed by atoms with E-state index >= 15 is 0 Å². The maximum absolute atomic E-state index is 13.0. The molecule has 0 aliphatic heterocycles. The lowest BCUT2D eigenvalue weighted by molar-refractivity contribution is 0.0990. The summed E-state index contributed by atoms with van der Waals surface area (Å²) in [6.45, 7) is 0. The van der Waals surface area contributed by atoms with Crippen molar-refractivity contribution in [1.82, 2.24) is 9.97 Å². The van der Waals surface area contributed by atoms with Gasteiger partial charge in [0.1, 0.15) is 5.01 Å². The SMILES string of the molecule is O=C1C(=Cc2nc3oc(-c4cc5ccccc5s4)nc3s2)C(=O)c2cc3ccccc3cc21. The standard InChI is InChI=1S/C26H12N2O3S2/c29-22-16-9-13-5-1-2-6-14(13)10-17(16)23(30)18(22)12-21-27-25-26(33-21)28-24(31-25)20-11-15-7-3-4-8-19(15)32-20/h1-12H. The molecule has 0 fully saturated rings. The minimum atomic E-state index is -0.272. The summed E-state index contributed by atoms with van der Waals surface area (Å²) < 4.78 is 7.06. The van der Waals surface area contributed by atoms with E-state index in [0.717, 1.165) is 25.7 Å². The second-order valence-corrected chi connectivity index (χ2v) is 9.88. The molecule has 5 nitrogen and oxygen atoms in total. The van der Waals surface area contributed by atoms with E-state index in [2.05, 4.69) is 28.2 Å². The van der Waals surface area contributed by atoms with Crippen molar-refractivity contribution in [1.29, 1.82) is 0 Å². The summed E-state index contributed by atoms with van der Waals surface area (Å²) in [6.07, 6.45) is 1.55. The molecule has 0 bridgehead atoms. The molecule has 0 N–H and O–H groups in total. The van der Waals surface area contributed by atoms with E-state index in [0.29, 0.717) is 32.6 Å². The van der Waals surface area contributed by atoms with E-state index in [-0.39, 0.29) is 17.1 Å². The minimum absolute atomic E-state index is 0.126. The Morgan fingerprint density at radius 2 is 1.42 bits per heavy atom. The van der Waals surface area contributed by atoms with Gasteiger partial charge in [0.05, 0.1) is 10.5 Å². The van der Waals surface area contributed by atoms with Gasteiger partial charge in [0, 0.05) is 15.8 Å². The van der Waals surface area contributed by atoms with Crippen LogP contribution in [0, 0.1) is 0 Å². The number of fused-ring (bicyclic) bond motifs is 4. The molecule has 7 heteroatoms. The topological polar surface area (TPSA) is 73.1 Å². The van der Waals surface area contributed by atoms with Gasteiger partial charge in [-0.15, -0.1) is 11.3 Å². The first kappa shape index (κ1) is 18.6. The quantitative estimate of drug-likeness (QED) is 0.209. The summed E-state index contributed by atoms with van der Waals surface area (Å²) in [6, 6.07) is 21.5. The van der Waals surface area contributed by atoms with Gasteiger partial charge in [-0.25, -0.2) is 0 Å². The number of aromatic nitrogens is 2. The molecule has 0 radical (unpaired) electrons. The van der Waals surface area contributed by atoms with Crippen molar-refractivity contribution in [3.8, 4) is 10.8 Å². The van der Waals surface area contributed by atoms with Crippen molar-refractivity contribution >= 4 is 71.7 Å². The van der Waals surface area contributed by atoms with Gasteiger partial charge >= 0.3 is 0 Å². The number of hydrogen-bond donors (Lipinski definition) is 0. The molecule has 0 unspecified atom stereocenters. The molecule has 6 aromatic rings. The highest BCUT2D eigenvalue weighted by Gasteiger charge is 2.33. The number of rotatable bonds is 2. The van der Waals surface area contributed by atoms with Crippen molar-refractivity contribution in [3.63, 3.8) is 0 Å². The third-order valence-corrected chi connectivity index (χ3v) is 7.74. The molecule has 3 heterocycles. The van der Waals surface area contributed by atoms with Gasteiger partial charge in [-0.3, -0.25) is 9.59 Å². The van der Waals surface area contributed by atoms with Gasteiger partial charge in [-0.1, -0.05) is 53.8 Å². The fourth-order valence-corrected chi connectivity index (χ4v) is 5.97. The number of benzene rings is 3. The number of hydrogen-bond acceptors (Lipinski definition) is 7. The minimum Gasteiger partial charge on any atom is -0.416 e. The molecule has 1 aliphatic rings. The Hall–Kier alpha value is -3.94. The average Bonchev–Trinajstić information content (AvgIpc) is 3.57. The summed E-state index contributed by atoms with van der Waals surface area (Å²) in [5.41, 5.74) is 1.41. The fourth-order valence-electron chi connectivity index (χ4n) is 4.18. The molecule has 0 spiro atoms. The third kappa shape index (κ3) is 2.83. The first-order valence-electron chi connectivity index (χ1n) is 10.2. The number of nitrogens with zero attached hydrogens (tertiary/aromatic N) is 2. The number of thiophene rings is 1. The largest absolute Gasteiger partial charge is 0.416 e. The zero-order valence-electron chi connectivity index (χ0n) is 16.9. The average molecular weight is 465 g/mol. The maximum atomic E-state index is 13.0. The molecule has 1 aliphatic carbocycles. The summed E-state index contributed by atoms with van der Waals surface area (Å²) >= 11 is 2.91. The number of Topliss-reactive ketones (excluding diaryl/α,β-unsaturated/α-hetero) is 2. The Morgan fingerprint density at radius 3 is 2.09 bits per heavy atom. The normalized spacial score (nSPS) is 13.5. The van der Waals surface area contributed by atoms with E-state index in [1.807, 2.05) is 36.4 Å². The van der Waals surface area contributed by atoms with Crippen molar-refractivity contribution in [2.24, 2.45) is 0 Å². The van der Waals surface area contributed by atoms with Crippen LogP contribution in [0.25, 0.3) is 48.2 Å². The lowest BCUT2D eigenvalue weighted by atomic mass is 10.0. The Labute approximate surface area is 194 Å². The van der Waals surface area contributed by atoms with Gasteiger partial charge < -0.3 is 4.42 Å². The first-order chi connectivity index (χ1) is 16.1. The Kier molecular flexibility index (Phi) is 3.82. The van der Waals surface area contributed by atoms with Crippen LogP contribution in [0.5, 0.6) is 0 Å². The van der Waals surface area contributed by atoms with Crippen molar-refractivity contribution < 1.29 is 14.0 Å². The monoisotopic (exact) mass is 464 g/mol. The van der Waals surface area contributed by atoms with Gasteiger partial charge in [0.15, 0.2) is 16.4 Å². The van der Waals surface area contributed by atoms with Crippen LogP contribution in [-0.4, -0.2) is 21.5 Å². The molecule has 3 aromatic carbocycles. The van der Waals surface area contributed by atoms with E-state index in [1.54, 1.807) is 29.5 Å². The summed E-state index contributed by atoms with van der Waals surface area (Å²) in [7, 11) is 0. The second kappa shape index (κ2) is 6.78. The predicted octanol–water partition coefficient (Wildman–Crippen LogP) is 6.78. The molecule has 0 atom stereocenters. The lowest BCUT2D eigenvalue weighted by Gasteiger charge is -2.00. The Balaban J connectivity index is 1.26. The molecular formula is C26H12N2O3S2. The molecular weight excluding hydrogens is 452 g/mol. The Morgan fingerprint density at radius 1 is 0.758 bits per heavy atom. The molecule has 33 heavy (non-hydrogen) atoms. The molecule has 0 saturated heterocycles. The van der Waals surface area contributed by atoms with Crippen molar-refractivity contribution in [2.75, 3.05) is 0 Å². The highest BCUT2D eigenvalue weighted by molar-refractivity contribution is 7.22. The van der Waals surface area contributed by atoms with Crippen LogP contribution in [0.4, 0.5) is 0 Å². The maximum Gasteiger partial charge on any atom is 0.259 e. The second-order valence-electron chi connectivity index (χ2n) is 7.79. The van der Waals surface area contributed by atoms with E-state index in [1.165, 1.54) is 11.3 Å². The van der Waals surface area contributed by atoms with Crippen LogP contribution in [0.2, 0.25) is 0 Å². The van der Waals surface area contributed by atoms with Crippen LogP contribution >= 0.6 is 22.7 Å². The Bertz CT molecular complexity index is 1700. The van der Waals surface area contributed by atoms with Gasteiger partial charge in [-0.05, 0) is 46.5 Å². The number of thiazole rings is 1. The molecule has 156 valence electrons. The van der Waals surface area contributed by atoms with Crippen LogP contribution in [0.3, 0.4) is 0 Å². The number of carbonyl (C=O) groups is 2. The van der Waals surface area contributed by atoms with Crippen LogP contribution < -0.4 is 0 Å². The van der Waals surface area contributed by atoms with Crippen molar-refractivity contribution in [2.45, 2.75) is 0 Å².